The van der Waals surface area contributed by atoms with Crippen molar-refractivity contribution in [1.29, 1.82) is 0 Å². The molecule has 3 atom stereocenters. The molecular weight excluding hydrogens is 434 g/mol. The Balaban J connectivity index is 1.79. The van der Waals surface area contributed by atoms with E-state index in [1.54, 1.807) is 0 Å². The van der Waals surface area contributed by atoms with Gasteiger partial charge in [0.25, 0.3) is 0 Å². The standard InChI is InChI=1S/C28H32F2N2O2/c1-2-19-9-6-10-21(11-19)17-32-18-27(33)25(15-22-12-23(29)16-24(30)13-22)26(28(31)34)14-20-7-4-3-5-8-20/h3-13,16,25-27,32-33H,2,14-15,17-18H2,1H3,(H2,31,34)/t25-,26?,27-/m0/s1. The van der Waals surface area contributed by atoms with E-state index >= 15 is 0 Å². The van der Waals surface area contributed by atoms with Crippen molar-refractivity contribution in [3.63, 3.8) is 0 Å². The van der Waals surface area contributed by atoms with E-state index in [0.717, 1.165) is 23.6 Å². The van der Waals surface area contributed by atoms with Gasteiger partial charge in [0.1, 0.15) is 11.6 Å². The first-order chi connectivity index (χ1) is 16.4. The summed E-state index contributed by atoms with van der Waals surface area (Å²) in [5.41, 5.74) is 9.36. The first kappa shape index (κ1) is 25.5. The van der Waals surface area contributed by atoms with E-state index in [2.05, 4.69) is 24.4 Å². The van der Waals surface area contributed by atoms with Crippen LogP contribution in [0.2, 0.25) is 0 Å². The van der Waals surface area contributed by atoms with E-state index in [1.165, 1.54) is 17.7 Å². The van der Waals surface area contributed by atoms with Crippen LogP contribution in [0.1, 0.15) is 29.2 Å². The highest BCUT2D eigenvalue weighted by molar-refractivity contribution is 5.77. The maximum atomic E-state index is 13.8. The fourth-order valence-corrected chi connectivity index (χ4v) is 4.35. The summed E-state index contributed by atoms with van der Waals surface area (Å²) in [6.45, 7) is 2.84. The van der Waals surface area contributed by atoms with Gasteiger partial charge in [0.15, 0.2) is 0 Å². The quantitative estimate of drug-likeness (QED) is 0.375. The van der Waals surface area contributed by atoms with Crippen LogP contribution in [0.4, 0.5) is 8.78 Å². The monoisotopic (exact) mass is 466 g/mol. The summed E-state index contributed by atoms with van der Waals surface area (Å²) in [4.78, 5) is 12.5. The summed E-state index contributed by atoms with van der Waals surface area (Å²) in [7, 11) is 0. The molecule has 4 nitrogen and oxygen atoms in total. The lowest BCUT2D eigenvalue weighted by Crippen LogP contribution is -2.43. The average Bonchev–Trinajstić information content (AvgIpc) is 2.81. The fraction of sp³-hybridized carbons (Fsp3) is 0.321. The van der Waals surface area contributed by atoms with Gasteiger partial charge in [0.05, 0.1) is 6.10 Å². The summed E-state index contributed by atoms with van der Waals surface area (Å²) in [6, 6.07) is 20.8. The van der Waals surface area contributed by atoms with E-state index in [1.807, 2.05) is 42.5 Å². The number of aryl methyl sites for hydroxylation is 1. The molecule has 0 spiro atoms. The van der Waals surface area contributed by atoms with Crippen molar-refractivity contribution in [2.24, 2.45) is 17.6 Å². The van der Waals surface area contributed by atoms with Gasteiger partial charge in [-0.3, -0.25) is 4.79 Å². The molecular formula is C28H32F2N2O2. The zero-order chi connectivity index (χ0) is 24.5. The minimum Gasteiger partial charge on any atom is -0.391 e. The molecule has 4 N–H and O–H groups in total. The molecule has 0 bridgehead atoms. The Morgan fingerprint density at radius 2 is 1.53 bits per heavy atom. The van der Waals surface area contributed by atoms with Crippen LogP contribution in [-0.4, -0.2) is 23.7 Å². The lowest BCUT2D eigenvalue weighted by Gasteiger charge is -2.30. The van der Waals surface area contributed by atoms with Crippen molar-refractivity contribution >= 4 is 5.91 Å². The number of rotatable bonds is 12. The van der Waals surface area contributed by atoms with Gasteiger partial charge in [-0.2, -0.15) is 0 Å². The van der Waals surface area contributed by atoms with Gasteiger partial charge in [-0.1, -0.05) is 61.5 Å². The minimum atomic E-state index is -0.957. The highest BCUT2D eigenvalue weighted by Crippen LogP contribution is 2.26. The van der Waals surface area contributed by atoms with Gasteiger partial charge in [-0.25, -0.2) is 8.78 Å². The van der Waals surface area contributed by atoms with Gasteiger partial charge in [-0.15, -0.1) is 0 Å². The Bertz CT molecular complexity index is 1050. The van der Waals surface area contributed by atoms with E-state index in [4.69, 9.17) is 5.73 Å². The zero-order valence-electron chi connectivity index (χ0n) is 19.4. The zero-order valence-corrected chi connectivity index (χ0v) is 19.4. The third kappa shape index (κ3) is 7.47. The molecule has 0 aromatic heterocycles. The average molecular weight is 467 g/mol. The van der Waals surface area contributed by atoms with Gasteiger partial charge >= 0.3 is 0 Å². The van der Waals surface area contributed by atoms with Crippen LogP contribution < -0.4 is 11.1 Å². The molecule has 0 aliphatic heterocycles. The Morgan fingerprint density at radius 1 is 0.882 bits per heavy atom. The first-order valence-electron chi connectivity index (χ1n) is 11.6. The first-order valence-corrected chi connectivity index (χ1v) is 11.6. The Kier molecular flexibility index (Phi) is 9.31. The summed E-state index contributed by atoms with van der Waals surface area (Å²) < 4.78 is 27.7. The lowest BCUT2D eigenvalue weighted by molar-refractivity contribution is -0.125. The molecule has 3 rings (SSSR count). The molecule has 3 aromatic rings. The molecule has 1 unspecified atom stereocenters. The predicted octanol–water partition coefficient (Wildman–Crippen LogP) is 4.18. The number of hydrogen-bond donors (Lipinski definition) is 3. The summed E-state index contributed by atoms with van der Waals surface area (Å²) in [6.07, 6.45) is 0.418. The van der Waals surface area contributed by atoms with Crippen molar-refractivity contribution in [2.75, 3.05) is 6.54 Å². The summed E-state index contributed by atoms with van der Waals surface area (Å²) in [5, 5.41) is 14.4. The smallest absolute Gasteiger partial charge is 0.221 e. The molecule has 34 heavy (non-hydrogen) atoms. The van der Waals surface area contributed by atoms with Crippen molar-refractivity contribution in [3.8, 4) is 0 Å². The Morgan fingerprint density at radius 3 is 2.18 bits per heavy atom. The molecule has 0 aliphatic carbocycles. The highest BCUT2D eigenvalue weighted by atomic mass is 19.1. The van der Waals surface area contributed by atoms with Crippen molar-refractivity contribution < 1.29 is 18.7 Å². The normalized spacial score (nSPS) is 13.9. The fourth-order valence-electron chi connectivity index (χ4n) is 4.35. The molecule has 3 aromatic carbocycles. The third-order valence-electron chi connectivity index (χ3n) is 6.15. The van der Waals surface area contributed by atoms with E-state index < -0.39 is 35.5 Å². The van der Waals surface area contributed by atoms with Crippen LogP contribution in [0.5, 0.6) is 0 Å². The Hall–Kier alpha value is -3.09. The number of benzene rings is 3. The third-order valence-corrected chi connectivity index (χ3v) is 6.15. The van der Waals surface area contributed by atoms with Crippen molar-refractivity contribution in [3.05, 3.63) is 107 Å². The number of halogens is 2. The van der Waals surface area contributed by atoms with Crippen molar-refractivity contribution in [1.82, 2.24) is 5.32 Å². The lowest BCUT2D eigenvalue weighted by atomic mass is 9.78. The molecule has 0 aliphatic rings. The summed E-state index contributed by atoms with van der Waals surface area (Å²) in [5.74, 6) is -3.30. The van der Waals surface area contributed by atoms with E-state index in [-0.39, 0.29) is 13.0 Å². The van der Waals surface area contributed by atoms with E-state index in [0.29, 0.717) is 18.5 Å². The number of nitrogens with one attached hydrogen (secondary N) is 1. The second-order valence-corrected chi connectivity index (χ2v) is 8.72. The number of aliphatic hydroxyl groups excluding tert-OH is 1. The van der Waals surface area contributed by atoms with Crippen LogP contribution in [0, 0.1) is 23.5 Å². The second kappa shape index (κ2) is 12.4. The minimum absolute atomic E-state index is 0.114. The van der Waals surface area contributed by atoms with E-state index in [9.17, 15) is 18.7 Å². The molecule has 1 amide bonds. The van der Waals surface area contributed by atoms with Gasteiger partial charge in [0, 0.05) is 31.0 Å². The number of carbonyl (C=O) groups excluding carboxylic acids is 1. The van der Waals surface area contributed by atoms with Crippen LogP contribution in [0.25, 0.3) is 0 Å². The van der Waals surface area contributed by atoms with Crippen LogP contribution in [-0.2, 0) is 30.6 Å². The largest absolute Gasteiger partial charge is 0.391 e. The summed E-state index contributed by atoms with van der Waals surface area (Å²) >= 11 is 0. The van der Waals surface area contributed by atoms with Crippen LogP contribution in [0.15, 0.2) is 72.8 Å². The number of aliphatic hydroxyl groups is 1. The molecule has 6 heteroatoms. The molecule has 0 saturated heterocycles. The molecule has 180 valence electrons. The number of amides is 1. The number of nitrogens with two attached hydrogens (primary N) is 1. The number of hydrogen-bond acceptors (Lipinski definition) is 3. The highest BCUT2D eigenvalue weighted by Gasteiger charge is 2.32. The Labute approximate surface area is 199 Å². The van der Waals surface area contributed by atoms with Gasteiger partial charge < -0.3 is 16.2 Å². The maximum Gasteiger partial charge on any atom is 0.221 e. The predicted molar refractivity (Wildman–Crippen MR) is 130 cm³/mol. The molecule has 0 heterocycles. The molecule has 0 fully saturated rings. The van der Waals surface area contributed by atoms with Crippen LogP contribution in [0.3, 0.4) is 0 Å². The number of primary amides is 1. The van der Waals surface area contributed by atoms with Crippen LogP contribution >= 0.6 is 0 Å². The number of carbonyl (C=O) groups is 1. The maximum absolute atomic E-state index is 13.8. The van der Waals surface area contributed by atoms with Gasteiger partial charge in [0.2, 0.25) is 5.91 Å². The molecule has 0 radical (unpaired) electrons. The second-order valence-electron chi connectivity index (χ2n) is 8.72. The van der Waals surface area contributed by atoms with Gasteiger partial charge in [-0.05, 0) is 53.6 Å². The molecule has 0 saturated carbocycles. The van der Waals surface area contributed by atoms with Crippen molar-refractivity contribution in [2.45, 2.75) is 38.8 Å². The SMILES string of the molecule is CCc1cccc(CNC[C@H](O)[C@@H](Cc2cc(F)cc(F)c2)C(Cc2ccccc2)C(N)=O)c1. The topological polar surface area (TPSA) is 75.3 Å².